The lowest BCUT2D eigenvalue weighted by molar-refractivity contribution is -0.116. The number of hydrogen-bond acceptors (Lipinski definition) is 3. The summed E-state index contributed by atoms with van der Waals surface area (Å²) >= 11 is 7.46. The largest absolute Gasteiger partial charge is 0.496 e. The molecule has 0 fully saturated rings. The van der Waals surface area contributed by atoms with E-state index in [0.29, 0.717) is 11.4 Å². The van der Waals surface area contributed by atoms with E-state index in [1.54, 1.807) is 31.9 Å². The molecule has 0 saturated carbocycles. The molecule has 0 unspecified atom stereocenters. The summed E-state index contributed by atoms with van der Waals surface area (Å²) in [5.74, 6) is 1.75. The van der Waals surface area contributed by atoms with Crippen molar-refractivity contribution in [3.63, 3.8) is 0 Å². The normalized spacial score (nSPS) is 10.1. The summed E-state index contributed by atoms with van der Waals surface area (Å²) in [5.41, 5.74) is 0. The number of halogens is 1. The molecular weight excluding hydrogens is 232 g/mol. The summed E-state index contributed by atoms with van der Waals surface area (Å²) < 4.78 is 5.19. The van der Waals surface area contributed by atoms with Crippen LogP contribution >= 0.6 is 23.4 Å². The lowest BCUT2D eigenvalue weighted by Crippen LogP contribution is -1.92. The van der Waals surface area contributed by atoms with Gasteiger partial charge >= 0.3 is 0 Å². The first kappa shape index (κ1) is 12.4. The third kappa shape index (κ3) is 4.14. The topological polar surface area (TPSA) is 26.3 Å². The van der Waals surface area contributed by atoms with E-state index >= 15 is 0 Å². The Morgan fingerprint density at radius 2 is 2.27 bits per heavy atom. The molecule has 82 valence electrons. The minimum Gasteiger partial charge on any atom is -0.496 e. The Bertz CT molecular complexity index is 352. The van der Waals surface area contributed by atoms with Crippen molar-refractivity contribution in [2.24, 2.45) is 0 Å². The zero-order valence-electron chi connectivity index (χ0n) is 8.75. The number of hydrogen-bond donors (Lipinski definition) is 0. The van der Waals surface area contributed by atoms with E-state index in [1.807, 2.05) is 12.1 Å². The average Bonchev–Trinajstić information content (AvgIpc) is 2.17. The SMILES string of the molecule is COc1ccc(Cl)cc1SCCC(C)=O. The fourth-order valence-corrected chi connectivity index (χ4v) is 2.42. The predicted molar refractivity (Wildman–Crippen MR) is 64.0 cm³/mol. The van der Waals surface area contributed by atoms with Gasteiger partial charge in [-0.25, -0.2) is 0 Å². The molecule has 1 rings (SSSR count). The van der Waals surface area contributed by atoms with Crippen LogP contribution < -0.4 is 4.74 Å². The fraction of sp³-hybridized carbons (Fsp3) is 0.364. The summed E-state index contributed by atoms with van der Waals surface area (Å²) in [4.78, 5) is 11.8. The van der Waals surface area contributed by atoms with Gasteiger partial charge in [0.15, 0.2) is 0 Å². The molecule has 0 aliphatic carbocycles. The van der Waals surface area contributed by atoms with Gasteiger partial charge in [0.05, 0.1) is 12.0 Å². The second-order valence-corrected chi connectivity index (χ2v) is 4.67. The van der Waals surface area contributed by atoms with E-state index in [2.05, 4.69) is 0 Å². The minimum atomic E-state index is 0.198. The molecule has 4 heteroatoms. The van der Waals surface area contributed by atoms with Crippen molar-refractivity contribution in [1.29, 1.82) is 0 Å². The van der Waals surface area contributed by atoms with E-state index in [-0.39, 0.29) is 5.78 Å². The highest BCUT2D eigenvalue weighted by Crippen LogP contribution is 2.32. The second kappa shape index (κ2) is 6.03. The van der Waals surface area contributed by atoms with Gasteiger partial charge in [-0.3, -0.25) is 4.79 Å². The molecule has 0 spiro atoms. The van der Waals surface area contributed by atoms with Crippen LogP contribution in [0.5, 0.6) is 5.75 Å². The number of carbonyl (C=O) groups excluding carboxylic acids is 1. The number of benzene rings is 1. The molecule has 0 radical (unpaired) electrons. The lowest BCUT2D eigenvalue weighted by atomic mass is 10.3. The van der Waals surface area contributed by atoms with Crippen LogP contribution in [-0.2, 0) is 4.79 Å². The molecule has 0 heterocycles. The minimum absolute atomic E-state index is 0.198. The van der Waals surface area contributed by atoms with Gasteiger partial charge in [0, 0.05) is 17.2 Å². The van der Waals surface area contributed by atoms with Gasteiger partial charge in [-0.15, -0.1) is 11.8 Å². The maximum Gasteiger partial charge on any atom is 0.132 e. The summed E-state index contributed by atoms with van der Waals surface area (Å²) in [6.07, 6.45) is 0.570. The van der Waals surface area contributed by atoms with Crippen molar-refractivity contribution in [3.05, 3.63) is 23.2 Å². The van der Waals surface area contributed by atoms with Crippen LogP contribution in [0.1, 0.15) is 13.3 Å². The first-order valence-electron chi connectivity index (χ1n) is 4.59. The zero-order valence-corrected chi connectivity index (χ0v) is 10.3. The molecule has 15 heavy (non-hydrogen) atoms. The third-order valence-electron chi connectivity index (χ3n) is 1.84. The maximum absolute atomic E-state index is 10.8. The Morgan fingerprint density at radius 3 is 2.87 bits per heavy atom. The number of methoxy groups -OCH3 is 1. The van der Waals surface area contributed by atoms with Gasteiger partial charge < -0.3 is 4.74 Å². The van der Waals surface area contributed by atoms with Crippen molar-refractivity contribution in [2.45, 2.75) is 18.2 Å². The summed E-state index contributed by atoms with van der Waals surface area (Å²) in [6, 6.07) is 5.47. The Hall–Kier alpha value is -0.670. The van der Waals surface area contributed by atoms with Crippen molar-refractivity contribution < 1.29 is 9.53 Å². The fourth-order valence-electron chi connectivity index (χ4n) is 1.07. The van der Waals surface area contributed by atoms with Crippen molar-refractivity contribution in [1.82, 2.24) is 0 Å². The average molecular weight is 245 g/mol. The van der Waals surface area contributed by atoms with Gasteiger partial charge in [0.2, 0.25) is 0 Å². The Kier molecular flexibility index (Phi) is 4.99. The Labute approximate surface area is 99.0 Å². The van der Waals surface area contributed by atoms with Crippen LogP contribution in [0.15, 0.2) is 23.1 Å². The quantitative estimate of drug-likeness (QED) is 0.743. The van der Waals surface area contributed by atoms with Crippen LogP contribution in [0.2, 0.25) is 5.02 Å². The van der Waals surface area contributed by atoms with Crippen LogP contribution in [0.3, 0.4) is 0 Å². The van der Waals surface area contributed by atoms with Crippen molar-refractivity contribution in [3.8, 4) is 5.75 Å². The molecule has 0 aliphatic heterocycles. The van der Waals surface area contributed by atoms with E-state index in [1.165, 1.54) is 0 Å². The summed E-state index contributed by atoms with van der Waals surface area (Å²) in [6.45, 7) is 1.59. The molecule has 2 nitrogen and oxygen atoms in total. The van der Waals surface area contributed by atoms with Crippen LogP contribution in [-0.4, -0.2) is 18.6 Å². The van der Waals surface area contributed by atoms with Gasteiger partial charge in [-0.05, 0) is 25.1 Å². The predicted octanol–water partition coefficient (Wildman–Crippen LogP) is 3.42. The summed E-state index contributed by atoms with van der Waals surface area (Å²) in [5, 5.41) is 0.682. The molecule has 0 bridgehead atoms. The van der Waals surface area contributed by atoms with Gasteiger partial charge in [0.1, 0.15) is 11.5 Å². The van der Waals surface area contributed by atoms with Crippen LogP contribution in [0.4, 0.5) is 0 Å². The molecule has 0 aromatic heterocycles. The number of rotatable bonds is 5. The lowest BCUT2D eigenvalue weighted by Gasteiger charge is -2.07. The van der Waals surface area contributed by atoms with Crippen molar-refractivity contribution in [2.75, 3.05) is 12.9 Å². The number of ketones is 1. The number of thioether (sulfide) groups is 1. The Balaban J connectivity index is 2.65. The first-order valence-corrected chi connectivity index (χ1v) is 5.95. The number of Topliss-reactive ketones (excluding diaryl/α,β-unsaturated/α-hetero) is 1. The highest BCUT2D eigenvalue weighted by Gasteiger charge is 2.04. The second-order valence-electron chi connectivity index (χ2n) is 3.10. The number of ether oxygens (including phenoxy) is 1. The van der Waals surface area contributed by atoms with E-state index in [9.17, 15) is 4.79 Å². The smallest absolute Gasteiger partial charge is 0.132 e. The molecule has 0 saturated heterocycles. The van der Waals surface area contributed by atoms with E-state index < -0.39 is 0 Å². The molecule has 0 aliphatic rings. The highest BCUT2D eigenvalue weighted by molar-refractivity contribution is 7.99. The highest BCUT2D eigenvalue weighted by atomic mass is 35.5. The molecule has 0 atom stereocenters. The van der Waals surface area contributed by atoms with Crippen molar-refractivity contribution >= 4 is 29.1 Å². The summed E-state index contributed by atoms with van der Waals surface area (Å²) in [7, 11) is 1.62. The third-order valence-corrected chi connectivity index (χ3v) is 3.11. The van der Waals surface area contributed by atoms with Crippen LogP contribution in [0, 0.1) is 0 Å². The van der Waals surface area contributed by atoms with Gasteiger partial charge in [-0.1, -0.05) is 11.6 Å². The molecule has 0 amide bonds. The standard InChI is InChI=1S/C11H13ClO2S/c1-8(13)5-6-15-11-7-9(12)3-4-10(11)14-2/h3-4,7H,5-6H2,1-2H3. The zero-order chi connectivity index (χ0) is 11.3. The van der Waals surface area contributed by atoms with Crippen LogP contribution in [0.25, 0.3) is 0 Å². The monoisotopic (exact) mass is 244 g/mol. The van der Waals surface area contributed by atoms with E-state index in [4.69, 9.17) is 16.3 Å². The molecule has 1 aromatic carbocycles. The molecule has 1 aromatic rings. The molecular formula is C11H13ClO2S. The van der Waals surface area contributed by atoms with E-state index in [0.717, 1.165) is 16.4 Å². The van der Waals surface area contributed by atoms with Gasteiger partial charge in [0.25, 0.3) is 0 Å². The molecule has 0 N–H and O–H groups in total. The number of carbonyl (C=O) groups is 1. The first-order chi connectivity index (χ1) is 7.13. The van der Waals surface area contributed by atoms with Gasteiger partial charge in [-0.2, -0.15) is 0 Å². The Morgan fingerprint density at radius 1 is 1.53 bits per heavy atom. The maximum atomic E-state index is 10.8.